The molecule has 9 rings (SSSR count). The van der Waals surface area contributed by atoms with Crippen LogP contribution in [0, 0.1) is 0 Å². The van der Waals surface area contributed by atoms with Crippen LogP contribution in [0.25, 0.3) is 27.7 Å². The van der Waals surface area contributed by atoms with Crippen LogP contribution in [-0.2, 0) is 30.4 Å². The average Bonchev–Trinajstić information content (AvgIpc) is 3.91. The molecule has 1 unspecified atom stereocenters. The zero-order valence-electron chi connectivity index (χ0n) is 39.1. The van der Waals surface area contributed by atoms with E-state index in [2.05, 4.69) is 75.1 Å². The summed E-state index contributed by atoms with van der Waals surface area (Å²) < 4.78 is 19.4. The van der Waals surface area contributed by atoms with Crippen LogP contribution < -0.4 is 36.6 Å². The summed E-state index contributed by atoms with van der Waals surface area (Å²) in [6, 6.07) is 20.3. The van der Waals surface area contributed by atoms with E-state index in [1.54, 1.807) is 10.6 Å². The lowest BCUT2D eigenvalue weighted by atomic mass is 9.99. The first kappa shape index (κ1) is 47.5. The molecule has 3 aromatic heterocycles. The second-order valence-corrected chi connectivity index (χ2v) is 17.6. The van der Waals surface area contributed by atoms with Crippen LogP contribution in [0.1, 0.15) is 77.3 Å². The van der Waals surface area contributed by atoms with Crippen LogP contribution in [0.2, 0.25) is 0 Å². The number of piperidine rings is 2. The van der Waals surface area contributed by atoms with Gasteiger partial charge in [-0.05, 0) is 79.1 Å². The molecule has 2 atom stereocenters. The Morgan fingerprint density at radius 3 is 2.46 bits per heavy atom. The van der Waals surface area contributed by atoms with E-state index in [1.165, 1.54) is 12.1 Å². The third-order valence-corrected chi connectivity index (χ3v) is 12.4. The molecule has 6 heterocycles. The van der Waals surface area contributed by atoms with Crippen LogP contribution >= 0.6 is 0 Å². The zero-order chi connectivity index (χ0) is 48.6. The molecule has 0 radical (unpaired) electrons. The largest absolute Gasteiger partial charge is 0.459 e. The van der Waals surface area contributed by atoms with Gasteiger partial charge in [-0.15, -0.1) is 0 Å². The van der Waals surface area contributed by atoms with Gasteiger partial charge < -0.3 is 40.8 Å². The molecule has 0 saturated carbocycles. The van der Waals surface area contributed by atoms with E-state index < -0.39 is 29.7 Å². The monoisotopic (exact) mass is 952 g/mol. The Bertz CT molecular complexity index is 2920. The molecule has 0 bridgehead atoms. The molecule has 364 valence electrons. The van der Waals surface area contributed by atoms with Gasteiger partial charge in [0.25, 0.3) is 11.8 Å². The Morgan fingerprint density at radius 1 is 0.843 bits per heavy atom. The highest BCUT2D eigenvalue weighted by molar-refractivity contribution is 6.23. The lowest BCUT2D eigenvalue weighted by molar-refractivity contribution is -0.136. The van der Waals surface area contributed by atoms with Crippen molar-refractivity contribution in [3.05, 3.63) is 101 Å². The van der Waals surface area contributed by atoms with Crippen molar-refractivity contribution >= 4 is 63.3 Å². The van der Waals surface area contributed by atoms with E-state index in [4.69, 9.17) is 29.2 Å². The summed E-state index contributed by atoms with van der Waals surface area (Å²) >= 11 is 0. The molecular formula is C50H56N12O8. The number of benzene rings is 3. The smallest absolute Gasteiger partial charge is 0.322 e. The fraction of sp³-hybridized carbons (Fsp3) is 0.380. The zero-order valence-corrected chi connectivity index (χ0v) is 39.1. The number of hydrogen-bond acceptors (Lipinski definition) is 16. The SMILES string of the molecule is CC(C)c1cnn2c(NCc3ccccc3-c3nccc4cc(NCCOCCOCCNC(=O)CNc5ccc6c(c5)C(=O)N(C5CCC(=O)NC5=O)C6=O)ccc34)nc(O[C@@H]3CCCNC3)nc12. The molecule has 0 aliphatic carbocycles. The number of aromatic nitrogens is 5. The molecule has 2 saturated heterocycles. The Labute approximate surface area is 403 Å². The number of carbonyl (C=O) groups is 5. The van der Waals surface area contributed by atoms with Gasteiger partial charge in [0.05, 0.1) is 56.0 Å². The van der Waals surface area contributed by atoms with Gasteiger partial charge >= 0.3 is 6.01 Å². The van der Waals surface area contributed by atoms with Crippen LogP contribution in [0.15, 0.2) is 79.1 Å². The molecular weight excluding hydrogens is 897 g/mol. The molecule has 3 aliphatic heterocycles. The van der Waals surface area contributed by atoms with Crippen molar-refractivity contribution < 1.29 is 38.2 Å². The highest BCUT2D eigenvalue weighted by Gasteiger charge is 2.44. The summed E-state index contributed by atoms with van der Waals surface area (Å²) in [5.74, 6) is -1.84. The number of rotatable bonds is 21. The Hall–Kier alpha value is -7.55. The van der Waals surface area contributed by atoms with E-state index in [0.717, 1.165) is 75.3 Å². The predicted molar refractivity (Wildman–Crippen MR) is 261 cm³/mol. The Kier molecular flexibility index (Phi) is 14.8. The van der Waals surface area contributed by atoms with Crippen molar-refractivity contribution in [2.75, 3.05) is 75.1 Å². The molecule has 70 heavy (non-hydrogen) atoms. The fourth-order valence-corrected chi connectivity index (χ4v) is 8.78. The summed E-state index contributed by atoms with van der Waals surface area (Å²) in [5.41, 5.74) is 6.38. The average molecular weight is 953 g/mol. The first-order valence-corrected chi connectivity index (χ1v) is 23.7. The molecule has 20 nitrogen and oxygen atoms in total. The highest BCUT2D eigenvalue weighted by Crippen LogP contribution is 2.33. The van der Waals surface area contributed by atoms with Crippen molar-refractivity contribution in [3.8, 4) is 17.3 Å². The molecule has 6 N–H and O–H groups in total. The minimum atomic E-state index is -1.05. The van der Waals surface area contributed by atoms with E-state index >= 15 is 0 Å². The normalized spacial score (nSPS) is 17.0. The number of amides is 5. The molecule has 3 aliphatic rings. The molecule has 0 spiro atoms. The van der Waals surface area contributed by atoms with Crippen molar-refractivity contribution in [1.82, 2.24) is 45.4 Å². The maximum atomic E-state index is 13.1. The Balaban J connectivity index is 0.697. The first-order valence-electron chi connectivity index (χ1n) is 23.7. The number of ether oxygens (including phenoxy) is 3. The fourth-order valence-electron chi connectivity index (χ4n) is 8.78. The summed E-state index contributed by atoms with van der Waals surface area (Å²) in [6.07, 6.45) is 5.79. The highest BCUT2D eigenvalue weighted by atomic mass is 16.5. The van der Waals surface area contributed by atoms with Crippen LogP contribution in [-0.4, -0.2) is 130 Å². The van der Waals surface area contributed by atoms with Crippen molar-refractivity contribution in [3.63, 3.8) is 0 Å². The summed E-state index contributed by atoms with van der Waals surface area (Å²) in [7, 11) is 0. The van der Waals surface area contributed by atoms with Crippen molar-refractivity contribution in [2.45, 2.75) is 64.1 Å². The van der Waals surface area contributed by atoms with E-state index in [0.29, 0.717) is 57.2 Å². The number of nitrogens with one attached hydrogen (secondary N) is 6. The summed E-state index contributed by atoms with van der Waals surface area (Å²) in [4.78, 5) is 77.7. The van der Waals surface area contributed by atoms with Gasteiger partial charge in [-0.1, -0.05) is 44.2 Å². The van der Waals surface area contributed by atoms with Gasteiger partial charge in [-0.2, -0.15) is 19.6 Å². The molecule has 6 aromatic rings. The maximum absolute atomic E-state index is 13.1. The minimum Gasteiger partial charge on any atom is -0.459 e. The van der Waals surface area contributed by atoms with Gasteiger partial charge in [-0.25, -0.2) is 0 Å². The van der Waals surface area contributed by atoms with Gasteiger partial charge in [0.15, 0.2) is 5.65 Å². The first-order chi connectivity index (χ1) is 34.1. The number of nitrogens with zero attached hydrogens (tertiary/aromatic N) is 6. The third-order valence-electron chi connectivity index (χ3n) is 12.4. The predicted octanol–water partition coefficient (Wildman–Crippen LogP) is 4.28. The van der Waals surface area contributed by atoms with Crippen LogP contribution in [0.5, 0.6) is 6.01 Å². The van der Waals surface area contributed by atoms with E-state index in [-0.39, 0.29) is 55.0 Å². The number of hydrogen-bond donors (Lipinski definition) is 6. The van der Waals surface area contributed by atoms with Gasteiger partial charge in [0.2, 0.25) is 23.7 Å². The number of imide groups is 2. The topological polar surface area (TPSA) is 244 Å². The van der Waals surface area contributed by atoms with Crippen LogP contribution in [0.3, 0.4) is 0 Å². The summed E-state index contributed by atoms with van der Waals surface area (Å²) in [5, 5.41) is 25.0. The quantitative estimate of drug-likeness (QED) is 0.0436. The number of anilines is 3. The second kappa shape index (κ2) is 21.8. The van der Waals surface area contributed by atoms with Gasteiger partial charge in [0, 0.05) is 66.7 Å². The van der Waals surface area contributed by atoms with Gasteiger partial charge in [-0.3, -0.25) is 39.2 Å². The second-order valence-electron chi connectivity index (χ2n) is 17.6. The minimum absolute atomic E-state index is 0.00591. The maximum Gasteiger partial charge on any atom is 0.322 e. The number of pyridine rings is 1. The van der Waals surface area contributed by atoms with Gasteiger partial charge in [0.1, 0.15) is 12.1 Å². The molecule has 2 fully saturated rings. The molecule has 20 heteroatoms. The number of carbonyl (C=O) groups excluding carboxylic acids is 5. The van der Waals surface area contributed by atoms with Crippen LogP contribution in [0.4, 0.5) is 17.3 Å². The standard InChI is InChI=1S/C50H56N12O8/c1-30(2)40-28-57-62-45(40)59-50(70-35-7-5-16-51-27-35)60-49(62)56-26-32-6-3-4-8-36(32)44-37-11-9-33(24-31(37)15-17-54-44)52-18-20-68-22-23-69-21-19-53-43(64)29-55-34-10-12-38-39(25-34)48(67)61(47(38)66)41-13-14-42(63)58-46(41)65/h3-4,6,8-12,15,17,24-25,28,30,35,41,51-52,55H,5,7,13-14,16,18-23,26-27,29H2,1-2H3,(H,53,64)(H,56,59,60)(H,58,63,65)/t35-,41?/m1/s1. The van der Waals surface area contributed by atoms with Crippen molar-refractivity contribution in [1.29, 1.82) is 0 Å². The number of fused-ring (bicyclic) bond motifs is 3. The lowest BCUT2D eigenvalue weighted by Crippen LogP contribution is -2.54. The third kappa shape index (κ3) is 10.8. The molecule has 5 amide bonds. The lowest BCUT2D eigenvalue weighted by Gasteiger charge is -2.27. The Morgan fingerprint density at radius 2 is 1.64 bits per heavy atom. The van der Waals surface area contributed by atoms with E-state index in [9.17, 15) is 24.0 Å². The summed E-state index contributed by atoms with van der Waals surface area (Å²) in [6.45, 7) is 8.75. The van der Waals surface area contributed by atoms with E-state index in [1.807, 2.05) is 36.7 Å². The molecule has 3 aromatic carbocycles. The van der Waals surface area contributed by atoms with Crippen molar-refractivity contribution in [2.24, 2.45) is 0 Å².